The molecule has 10 heteroatoms. The zero-order valence-electron chi connectivity index (χ0n) is 23.1. The number of carbonyl (C=O) groups excluding carboxylic acids is 1. The Morgan fingerprint density at radius 2 is 2.03 bits per heavy atom. The summed E-state index contributed by atoms with van der Waals surface area (Å²) in [4.78, 5) is 29.1. The number of allylic oxidation sites excluding steroid dienone is 1. The summed E-state index contributed by atoms with van der Waals surface area (Å²) in [6.45, 7) is 10.2. The predicted molar refractivity (Wildman–Crippen MR) is 163 cm³/mol. The van der Waals surface area contributed by atoms with Crippen LogP contribution in [-0.4, -0.2) is 53.5 Å². The lowest BCUT2D eigenvalue weighted by molar-refractivity contribution is -0.112. The number of hydrogen-bond donors (Lipinski definition) is 2. The summed E-state index contributed by atoms with van der Waals surface area (Å²) in [6, 6.07) is 5.73. The van der Waals surface area contributed by atoms with Crippen LogP contribution in [0.2, 0.25) is 0 Å². The molecule has 208 valence electrons. The topological polar surface area (TPSA) is 95.1 Å². The number of aliphatic imine (C=N–C) groups is 1. The van der Waals surface area contributed by atoms with Gasteiger partial charge in [0.05, 0.1) is 22.7 Å². The Labute approximate surface area is 242 Å². The SMILES string of the molecule is C/C=C(\N=C(C)c1ccnc(C)c1)C(=O)Nc1cn2cc(CCC(C)(C)O)nc2cc1N1CCC(F)(I)CC1. The summed E-state index contributed by atoms with van der Waals surface area (Å²) in [6.07, 6.45) is 9.16. The number of aliphatic hydroxyl groups is 1. The first kappa shape index (κ1) is 29.1. The summed E-state index contributed by atoms with van der Waals surface area (Å²) in [5, 5.41) is 13.2. The van der Waals surface area contributed by atoms with Crippen LogP contribution in [0.15, 0.2) is 53.6 Å². The highest BCUT2D eigenvalue weighted by Crippen LogP contribution is 2.37. The van der Waals surface area contributed by atoms with Gasteiger partial charge in [0.25, 0.3) is 5.91 Å². The zero-order chi connectivity index (χ0) is 28.4. The molecule has 0 spiro atoms. The van der Waals surface area contributed by atoms with E-state index in [0.717, 1.165) is 28.3 Å². The molecule has 0 radical (unpaired) electrons. The maximum atomic E-state index is 14.6. The number of hydrogen-bond acceptors (Lipinski definition) is 6. The van der Waals surface area contributed by atoms with Crippen molar-refractivity contribution in [1.82, 2.24) is 14.4 Å². The minimum atomic E-state index is -1.23. The van der Waals surface area contributed by atoms with Gasteiger partial charge in [-0.15, -0.1) is 0 Å². The van der Waals surface area contributed by atoms with Crippen LogP contribution < -0.4 is 10.2 Å². The van der Waals surface area contributed by atoms with E-state index < -0.39 is 9.28 Å². The van der Waals surface area contributed by atoms with Gasteiger partial charge in [0.1, 0.15) is 11.3 Å². The van der Waals surface area contributed by atoms with Gasteiger partial charge in [-0.3, -0.25) is 9.78 Å². The second kappa shape index (κ2) is 11.7. The van der Waals surface area contributed by atoms with E-state index in [1.165, 1.54) is 0 Å². The summed E-state index contributed by atoms with van der Waals surface area (Å²) in [5.74, 6) is -0.337. The Morgan fingerprint density at radius 3 is 2.67 bits per heavy atom. The maximum Gasteiger partial charge on any atom is 0.274 e. The maximum absolute atomic E-state index is 14.6. The van der Waals surface area contributed by atoms with Crippen LogP contribution in [0.3, 0.4) is 0 Å². The number of aryl methyl sites for hydroxylation is 2. The fraction of sp³-hybridized carbons (Fsp3) is 0.448. The predicted octanol–water partition coefficient (Wildman–Crippen LogP) is 5.79. The van der Waals surface area contributed by atoms with E-state index >= 15 is 0 Å². The molecular weight excluding hydrogens is 610 g/mol. The number of pyridine rings is 2. The average molecular weight is 647 g/mol. The van der Waals surface area contributed by atoms with Crippen LogP contribution in [0.1, 0.15) is 63.9 Å². The number of amides is 1. The third-order valence-electron chi connectivity index (χ3n) is 6.81. The van der Waals surface area contributed by atoms with E-state index in [1.54, 1.807) is 33.0 Å². The molecule has 8 nitrogen and oxygen atoms in total. The highest BCUT2D eigenvalue weighted by Gasteiger charge is 2.32. The fourth-order valence-electron chi connectivity index (χ4n) is 4.51. The zero-order valence-corrected chi connectivity index (χ0v) is 25.3. The normalized spacial score (nSPS) is 16.6. The Hall–Kier alpha value is -2.86. The van der Waals surface area contributed by atoms with Crippen molar-refractivity contribution >= 4 is 51.2 Å². The Morgan fingerprint density at radius 1 is 1.31 bits per heavy atom. The van der Waals surface area contributed by atoms with Crippen molar-refractivity contribution in [2.24, 2.45) is 4.99 Å². The van der Waals surface area contributed by atoms with Gasteiger partial charge < -0.3 is 19.7 Å². The quantitative estimate of drug-likeness (QED) is 0.140. The van der Waals surface area contributed by atoms with Crippen LogP contribution >= 0.6 is 22.6 Å². The van der Waals surface area contributed by atoms with Gasteiger partial charge >= 0.3 is 0 Å². The molecule has 0 unspecified atom stereocenters. The van der Waals surface area contributed by atoms with Crippen molar-refractivity contribution in [2.75, 3.05) is 23.3 Å². The first-order valence-electron chi connectivity index (χ1n) is 13.2. The first-order chi connectivity index (χ1) is 18.3. The Kier molecular flexibility index (Phi) is 8.75. The van der Waals surface area contributed by atoms with E-state index in [1.807, 2.05) is 71.4 Å². The largest absolute Gasteiger partial charge is 0.390 e. The van der Waals surface area contributed by atoms with E-state index in [9.17, 15) is 14.3 Å². The Bertz CT molecular complexity index is 1410. The van der Waals surface area contributed by atoms with Gasteiger partial charge in [-0.2, -0.15) is 0 Å². The molecule has 1 aliphatic rings. The molecular formula is C29H36FIN6O2. The summed E-state index contributed by atoms with van der Waals surface area (Å²) < 4.78 is 15.2. The van der Waals surface area contributed by atoms with Gasteiger partial charge in [-0.05, 0) is 87.7 Å². The van der Waals surface area contributed by atoms with Crippen molar-refractivity contribution in [3.63, 3.8) is 0 Å². The van der Waals surface area contributed by atoms with Crippen LogP contribution in [0.25, 0.3) is 5.65 Å². The van der Waals surface area contributed by atoms with Crippen molar-refractivity contribution in [3.05, 3.63) is 65.5 Å². The number of aromatic nitrogens is 3. The summed E-state index contributed by atoms with van der Waals surface area (Å²) in [7, 11) is 0. The highest BCUT2D eigenvalue weighted by atomic mass is 127. The molecule has 3 aromatic rings. The van der Waals surface area contributed by atoms with Gasteiger partial charge in [0, 0.05) is 62.0 Å². The van der Waals surface area contributed by atoms with E-state index in [-0.39, 0.29) is 11.6 Å². The molecule has 1 saturated heterocycles. The lowest BCUT2D eigenvalue weighted by Gasteiger charge is -2.35. The number of nitrogens with one attached hydrogen (secondary N) is 1. The lowest BCUT2D eigenvalue weighted by Crippen LogP contribution is -2.39. The minimum Gasteiger partial charge on any atom is -0.390 e. The van der Waals surface area contributed by atoms with Crippen molar-refractivity contribution in [1.29, 1.82) is 0 Å². The third-order valence-corrected chi connectivity index (χ3v) is 7.88. The molecule has 1 amide bonds. The standard InChI is InChI=1S/C29H36FIN6O2/c1-6-23(33-20(3)21-8-12-32-19(2)15-21)27(38)35-24-18-37-17-22(7-9-28(4,5)39)34-26(37)16-25(24)36-13-10-29(30,31)11-14-36/h6,8,12,15-18,39H,7,9-11,13-14H2,1-5H3,(H,35,38)/b23-6-,33-20?. The van der Waals surface area contributed by atoms with Crippen molar-refractivity contribution in [2.45, 2.75) is 69.6 Å². The fourth-order valence-corrected chi connectivity index (χ4v) is 4.99. The first-order valence-corrected chi connectivity index (χ1v) is 14.2. The monoisotopic (exact) mass is 646 g/mol. The number of imidazole rings is 1. The molecule has 4 heterocycles. The summed E-state index contributed by atoms with van der Waals surface area (Å²) in [5.41, 5.74) is 4.96. The van der Waals surface area contributed by atoms with Gasteiger partial charge in [-0.25, -0.2) is 14.4 Å². The van der Waals surface area contributed by atoms with Crippen LogP contribution in [0.5, 0.6) is 0 Å². The van der Waals surface area contributed by atoms with E-state index in [0.29, 0.717) is 50.2 Å². The molecule has 2 N–H and O–H groups in total. The van der Waals surface area contributed by atoms with Crippen molar-refractivity contribution < 1.29 is 14.3 Å². The van der Waals surface area contributed by atoms with Crippen LogP contribution in [0, 0.1) is 6.92 Å². The Balaban J connectivity index is 1.65. The molecule has 0 aromatic carbocycles. The number of rotatable bonds is 8. The molecule has 39 heavy (non-hydrogen) atoms. The number of alkyl halides is 2. The van der Waals surface area contributed by atoms with Gasteiger partial charge in [0.15, 0.2) is 3.68 Å². The number of piperidine rings is 1. The molecule has 4 rings (SSSR count). The third kappa shape index (κ3) is 7.63. The van der Waals surface area contributed by atoms with Crippen LogP contribution in [0.4, 0.5) is 15.8 Å². The molecule has 0 aliphatic carbocycles. The smallest absolute Gasteiger partial charge is 0.274 e. The number of nitrogens with zero attached hydrogens (tertiary/aromatic N) is 5. The number of halogens is 2. The molecule has 1 fully saturated rings. The number of carbonyl (C=O) groups is 1. The van der Waals surface area contributed by atoms with E-state index in [4.69, 9.17) is 4.98 Å². The average Bonchev–Trinajstić information content (AvgIpc) is 3.27. The van der Waals surface area contributed by atoms with Crippen molar-refractivity contribution in [3.8, 4) is 0 Å². The molecule has 0 bridgehead atoms. The van der Waals surface area contributed by atoms with E-state index in [2.05, 4.69) is 20.2 Å². The second-order valence-electron chi connectivity index (χ2n) is 10.7. The summed E-state index contributed by atoms with van der Waals surface area (Å²) >= 11 is 1.89. The molecule has 3 aromatic heterocycles. The van der Waals surface area contributed by atoms with Gasteiger partial charge in [-0.1, -0.05) is 6.08 Å². The van der Waals surface area contributed by atoms with Gasteiger partial charge in [0.2, 0.25) is 0 Å². The molecule has 0 saturated carbocycles. The molecule has 1 aliphatic heterocycles. The van der Waals surface area contributed by atoms with Crippen LogP contribution in [-0.2, 0) is 11.2 Å². The second-order valence-corrected chi connectivity index (χ2v) is 12.7. The number of fused-ring (bicyclic) bond motifs is 1. The lowest BCUT2D eigenvalue weighted by atomic mass is 10.0. The highest BCUT2D eigenvalue weighted by molar-refractivity contribution is 14.1. The number of anilines is 2. The molecule has 0 atom stereocenters. The minimum absolute atomic E-state index is 0.290.